The first-order valence-electron chi connectivity index (χ1n) is 14.6. The third-order valence-electron chi connectivity index (χ3n) is 8.50. The van der Waals surface area contributed by atoms with E-state index < -0.39 is 11.0 Å². The van der Waals surface area contributed by atoms with Crippen LogP contribution in [-0.2, 0) is 16.8 Å². The number of fused-ring (bicyclic) bond motifs is 1. The molecule has 0 radical (unpaired) electrons. The van der Waals surface area contributed by atoms with Gasteiger partial charge in [0.15, 0.2) is 0 Å². The largest absolute Gasteiger partial charge is 0.301 e. The summed E-state index contributed by atoms with van der Waals surface area (Å²) >= 11 is 0. The highest BCUT2D eigenvalue weighted by molar-refractivity contribution is 6.00. The summed E-state index contributed by atoms with van der Waals surface area (Å²) in [7, 11) is 0. The first kappa shape index (κ1) is 27.5. The Balaban J connectivity index is 1.57. The average molecular weight is 552 g/mol. The van der Waals surface area contributed by atoms with Gasteiger partial charge in [-0.1, -0.05) is 103 Å². The Morgan fingerprint density at radius 1 is 0.714 bits per heavy atom. The number of nitrogens with zero attached hydrogens (tertiary/aromatic N) is 3. The summed E-state index contributed by atoms with van der Waals surface area (Å²) in [5.41, 5.74) is 8.76. The van der Waals surface area contributed by atoms with E-state index in [1.165, 1.54) is 16.7 Å². The zero-order valence-electron chi connectivity index (χ0n) is 25.0. The van der Waals surface area contributed by atoms with Crippen molar-refractivity contribution in [2.45, 2.75) is 52.1 Å². The molecule has 0 atom stereocenters. The second-order valence-corrected chi connectivity index (χ2v) is 11.9. The van der Waals surface area contributed by atoms with E-state index in [0.29, 0.717) is 0 Å². The van der Waals surface area contributed by atoms with Gasteiger partial charge >= 0.3 is 0 Å². The molecule has 4 nitrogen and oxygen atoms in total. The summed E-state index contributed by atoms with van der Waals surface area (Å²) in [4.78, 5) is 15.9. The van der Waals surface area contributed by atoms with Crippen LogP contribution in [0, 0.1) is 13.8 Å². The molecule has 0 saturated heterocycles. The zero-order valence-corrected chi connectivity index (χ0v) is 25.0. The van der Waals surface area contributed by atoms with Crippen LogP contribution in [0.15, 0.2) is 121 Å². The van der Waals surface area contributed by atoms with Gasteiger partial charge in [0.25, 0.3) is 0 Å². The minimum absolute atomic E-state index is 0.0180. The van der Waals surface area contributed by atoms with Crippen molar-refractivity contribution < 1.29 is 4.79 Å². The molecule has 0 fully saturated rings. The predicted molar refractivity (Wildman–Crippen MR) is 172 cm³/mol. The van der Waals surface area contributed by atoms with Gasteiger partial charge in [-0.15, -0.1) is 0 Å². The van der Waals surface area contributed by atoms with Crippen LogP contribution in [0.4, 0.5) is 5.69 Å². The molecule has 0 saturated carbocycles. The quantitative estimate of drug-likeness (QED) is 0.200. The molecule has 0 aliphatic carbocycles. The van der Waals surface area contributed by atoms with Gasteiger partial charge in [0.2, 0.25) is 5.91 Å². The fraction of sp³-hybridized carbons (Fsp3) is 0.211. The second-order valence-electron chi connectivity index (χ2n) is 11.9. The SMILES string of the molecule is CC1=CC(C)(C)N(C(=O)Cn2nc(C)cc2C)c2ccc(C(c3ccccc3)(c3ccccc3)c3ccccc3)cc21. The van der Waals surface area contributed by atoms with Gasteiger partial charge < -0.3 is 4.90 Å². The third kappa shape index (κ3) is 4.57. The zero-order chi connectivity index (χ0) is 29.5. The molecule has 1 amide bonds. The minimum atomic E-state index is -0.551. The van der Waals surface area contributed by atoms with E-state index >= 15 is 0 Å². The maximum atomic E-state index is 14.0. The molecule has 0 bridgehead atoms. The molecule has 6 rings (SSSR count). The number of rotatable bonds is 6. The molecule has 1 aliphatic rings. The minimum Gasteiger partial charge on any atom is -0.301 e. The maximum Gasteiger partial charge on any atom is 0.249 e. The second kappa shape index (κ2) is 10.6. The summed E-state index contributed by atoms with van der Waals surface area (Å²) in [6.45, 7) is 10.5. The number of hydrogen-bond donors (Lipinski definition) is 0. The maximum absolute atomic E-state index is 14.0. The smallest absolute Gasteiger partial charge is 0.249 e. The van der Waals surface area contributed by atoms with Gasteiger partial charge in [-0.25, -0.2) is 0 Å². The number of aromatic nitrogens is 2. The normalized spacial score (nSPS) is 14.3. The van der Waals surface area contributed by atoms with E-state index in [4.69, 9.17) is 0 Å². The number of carbonyl (C=O) groups excluding carboxylic acids is 1. The average Bonchev–Trinajstić information content (AvgIpc) is 3.30. The van der Waals surface area contributed by atoms with Crippen LogP contribution in [0.25, 0.3) is 5.57 Å². The molecule has 210 valence electrons. The van der Waals surface area contributed by atoms with Gasteiger partial charge in [-0.05, 0) is 80.6 Å². The first-order valence-corrected chi connectivity index (χ1v) is 14.6. The molecule has 2 heterocycles. The fourth-order valence-electron chi connectivity index (χ4n) is 6.82. The number of allylic oxidation sites excluding steroid dienone is 1. The molecular weight excluding hydrogens is 514 g/mol. The van der Waals surface area contributed by atoms with Gasteiger partial charge in [-0.3, -0.25) is 9.48 Å². The molecule has 42 heavy (non-hydrogen) atoms. The highest BCUT2D eigenvalue weighted by atomic mass is 16.2. The Bertz CT molecular complexity index is 1670. The summed E-state index contributed by atoms with van der Waals surface area (Å²) in [5, 5.41) is 4.56. The number of hydrogen-bond acceptors (Lipinski definition) is 2. The van der Waals surface area contributed by atoms with E-state index in [1.54, 1.807) is 4.68 Å². The van der Waals surface area contributed by atoms with Crippen molar-refractivity contribution in [3.63, 3.8) is 0 Å². The number of anilines is 1. The van der Waals surface area contributed by atoms with Gasteiger partial charge in [-0.2, -0.15) is 5.10 Å². The van der Waals surface area contributed by atoms with E-state index in [0.717, 1.165) is 33.8 Å². The van der Waals surface area contributed by atoms with Crippen LogP contribution < -0.4 is 4.90 Å². The fourth-order valence-corrected chi connectivity index (χ4v) is 6.82. The monoisotopic (exact) mass is 551 g/mol. The Morgan fingerprint density at radius 3 is 1.71 bits per heavy atom. The summed E-state index contributed by atoms with van der Waals surface area (Å²) in [6.07, 6.45) is 2.22. The number of carbonyl (C=O) groups is 1. The van der Waals surface area contributed by atoms with Crippen molar-refractivity contribution in [1.29, 1.82) is 0 Å². The van der Waals surface area contributed by atoms with Crippen molar-refractivity contribution in [2.24, 2.45) is 0 Å². The molecule has 4 heteroatoms. The molecule has 0 unspecified atom stereocenters. The lowest BCUT2D eigenvalue weighted by Gasteiger charge is -2.43. The molecule has 4 aromatic carbocycles. The van der Waals surface area contributed by atoms with E-state index in [1.807, 2.05) is 24.8 Å². The highest BCUT2D eigenvalue weighted by Crippen LogP contribution is 2.48. The summed E-state index contributed by atoms with van der Waals surface area (Å²) in [5.74, 6) is 0.0180. The lowest BCUT2D eigenvalue weighted by molar-refractivity contribution is -0.120. The van der Waals surface area contributed by atoms with Crippen LogP contribution in [-0.4, -0.2) is 21.2 Å². The topological polar surface area (TPSA) is 38.1 Å². The Morgan fingerprint density at radius 2 is 1.24 bits per heavy atom. The van der Waals surface area contributed by atoms with E-state index in [2.05, 4.69) is 141 Å². The number of amides is 1. The summed E-state index contributed by atoms with van der Waals surface area (Å²) < 4.78 is 1.80. The molecule has 5 aromatic rings. The van der Waals surface area contributed by atoms with Crippen molar-refractivity contribution in [2.75, 3.05) is 4.90 Å². The van der Waals surface area contributed by atoms with Gasteiger partial charge in [0.1, 0.15) is 6.54 Å². The van der Waals surface area contributed by atoms with Crippen molar-refractivity contribution in [3.8, 4) is 0 Å². The Labute approximate surface area is 249 Å². The molecular formula is C38H37N3O. The Hall–Kier alpha value is -4.70. The van der Waals surface area contributed by atoms with Gasteiger partial charge in [0.05, 0.1) is 22.3 Å². The van der Waals surface area contributed by atoms with Crippen molar-refractivity contribution in [3.05, 3.63) is 161 Å². The number of benzene rings is 4. The van der Waals surface area contributed by atoms with Crippen molar-refractivity contribution in [1.82, 2.24) is 9.78 Å². The number of aryl methyl sites for hydroxylation is 2. The van der Waals surface area contributed by atoms with Crippen LogP contribution in [0.3, 0.4) is 0 Å². The molecule has 1 aromatic heterocycles. The lowest BCUT2D eigenvalue weighted by Crippen LogP contribution is -2.50. The van der Waals surface area contributed by atoms with Crippen molar-refractivity contribution >= 4 is 17.2 Å². The van der Waals surface area contributed by atoms with E-state index in [-0.39, 0.29) is 12.5 Å². The van der Waals surface area contributed by atoms with Crippen LogP contribution in [0.2, 0.25) is 0 Å². The van der Waals surface area contributed by atoms with E-state index in [9.17, 15) is 4.79 Å². The lowest BCUT2D eigenvalue weighted by atomic mass is 9.64. The third-order valence-corrected chi connectivity index (χ3v) is 8.50. The highest BCUT2D eigenvalue weighted by Gasteiger charge is 2.41. The van der Waals surface area contributed by atoms with Crippen LogP contribution in [0.5, 0.6) is 0 Å². The Kier molecular flexibility index (Phi) is 6.94. The van der Waals surface area contributed by atoms with Gasteiger partial charge in [0, 0.05) is 11.3 Å². The standard InChI is InChI=1S/C38H37N3O/c1-27-25-37(4,5)41(36(42)26-40-29(3)23-28(2)39-40)35-22-21-33(24-34(27)35)38(30-15-9-6-10-16-30,31-17-11-7-12-18-31)32-19-13-8-14-20-32/h6-25H,26H2,1-5H3. The predicted octanol–water partition coefficient (Wildman–Crippen LogP) is 8.11. The first-order chi connectivity index (χ1) is 20.2. The van der Waals surface area contributed by atoms with Crippen LogP contribution in [0.1, 0.15) is 60.0 Å². The molecule has 0 spiro atoms. The molecule has 0 N–H and O–H groups in total. The van der Waals surface area contributed by atoms with Crippen LogP contribution >= 0.6 is 0 Å². The summed E-state index contributed by atoms with van der Waals surface area (Å²) in [6, 6.07) is 40.8. The molecule has 1 aliphatic heterocycles.